The van der Waals surface area contributed by atoms with Crippen molar-refractivity contribution in [2.45, 2.75) is 37.7 Å². The van der Waals surface area contributed by atoms with Crippen molar-refractivity contribution in [2.24, 2.45) is 5.41 Å². The molecule has 2 N–H and O–H groups in total. The van der Waals surface area contributed by atoms with Gasteiger partial charge >= 0.3 is 24.3 Å². The van der Waals surface area contributed by atoms with E-state index in [9.17, 15) is 35.1 Å². The number of halogens is 8. The fourth-order valence-corrected chi connectivity index (χ4v) is 4.10. The third-order valence-corrected chi connectivity index (χ3v) is 5.96. The predicted octanol–water partition coefficient (Wildman–Crippen LogP) is 5.28. The van der Waals surface area contributed by atoms with Gasteiger partial charge < -0.3 is 19.5 Å². The van der Waals surface area contributed by atoms with Gasteiger partial charge in [-0.3, -0.25) is 4.90 Å². The Balaban J connectivity index is 0.000000301. The molecule has 1 aromatic heterocycles. The molecule has 2 aliphatic heterocycles. The topological polar surface area (TPSA) is 94.2 Å². The van der Waals surface area contributed by atoms with E-state index >= 15 is 0 Å². The van der Waals surface area contributed by atoms with Crippen LogP contribution in [-0.2, 0) is 16.1 Å². The number of piperidine rings is 1. The van der Waals surface area contributed by atoms with Crippen LogP contribution in [0.25, 0.3) is 0 Å². The lowest BCUT2D eigenvalue weighted by Crippen LogP contribution is -2.56. The van der Waals surface area contributed by atoms with E-state index in [4.69, 9.17) is 24.2 Å². The Kier molecular flexibility index (Phi) is 9.75. The number of carbonyl (C=O) groups is 2. The molecule has 1 aromatic carbocycles. The zero-order valence-electron chi connectivity index (χ0n) is 19.6. The molecular formula is C23H24F8N2O5. The molecule has 2 saturated heterocycles. The Morgan fingerprint density at radius 1 is 0.842 bits per heavy atom. The monoisotopic (exact) mass is 560 g/mol. The number of hydrogen-bond donors (Lipinski definition) is 2. The first-order valence-corrected chi connectivity index (χ1v) is 11.0. The van der Waals surface area contributed by atoms with Gasteiger partial charge in [0.2, 0.25) is 0 Å². The Morgan fingerprint density at radius 3 is 1.87 bits per heavy atom. The summed E-state index contributed by atoms with van der Waals surface area (Å²) in [5, 5.41) is 14.2. The van der Waals surface area contributed by atoms with Crippen molar-refractivity contribution in [3.63, 3.8) is 0 Å². The van der Waals surface area contributed by atoms with Gasteiger partial charge in [-0.15, -0.1) is 0 Å². The van der Waals surface area contributed by atoms with Crippen LogP contribution in [0.15, 0.2) is 53.1 Å². The van der Waals surface area contributed by atoms with Crippen LogP contribution < -0.4 is 4.90 Å². The molecule has 1 unspecified atom stereocenters. The molecule has 0 saturated carbocycles. The van der Waals surface area contributed by atoms with Crippen LogP contribution in [0.4, 0.5) is 40.8 Å². The maximum Gasteiger partial charge on any atom is 0.490 e. The molecule has 0 bridgehead atoms. The summed E-state index contributed by atoms with van der Waals surface area (Å²) in [6, 6.07) is 13.6. The lowest BCUT2D eigenvalue weighted by atomic mass is 9.75. The van der Waals surface area contributed by atoms with Crippen molar-refractivity contribution < 1.29 is 59.3 Å². The molecule has 1 atom stereocenters. The summed E-state index contributed by atoms with van der Waals surface area (Å²) in [7, 11) is 0. The van der Waals surface area contributed by atoms with Crippen LogP contribution in [0, 0.1) is 5.41 Å². The molecule has 212 valence electrons. The van der Waals surface area contributed by atoms with Crippen molar-refractivity contribution in [1.29, 1.82) is 0 Å². The van der Waals surface area contributed by atoms with Crippen molar-refractivity contribution in [2.75, 3.05) is 31.1 Å². The standard InChI is InChI=1S/C19H22F2N2O.2C2HF3O2/c20-19(21)9-10-22(13-17-7-4-12-24-17)14-18(19)8-11-23(15-18)16-5-2-1-3-6-16;2*3-2(4,5)1(6)7/h1-7,12H,8-11,13-15H2;2*(H,6,7). The Bertz CT molecular complexity index is 1020. The molecule has 3 heterocycles. The van der Waals surface area contributed by atoms with Crippen molar-refractivity contribution >= 4 is 17.6 Å². The third kappa shape index (κ3) is 8.33. The van der Waals surface area contributed by atoms with Gasteiger partial charge in [0.15, 0.2) is 0 Å². The molecule has 15 heteroatoms. The number of benzene rings is 1. The average molecular weight is 560 g/mol. The van der Waals surface area contributed by atoms with E-state index in [1.54, 1.807) is 6.26 Å². The van der Waals surface area contributed by atoms with E-state index < -0.39 is 35.6 Å². The van der Waals surface area contributed by atoms with E-state index in [0.29, 0.717) is 39.1 Å². The zero-order chi connectivity index (χ0) is 28.8. The molecule has 1 spiro atoms. The molecule has 38 heavy (non-hydrogen) atoms. The normalized spacial score (nSPS) is 21.2. The summed E-state index contributed by atoms with van der Waals surface area (Å²) >= 11 is 0. The molecule has 0 radical (unpaired) electrons. The number of para-hydroxylation sites is 1. The van der Waals surface area contributed by atoms with E-state index in [-0.39, 0.29) is 6.42 Å². The summed E-state index contributed by atoms with van der Waals surface area (Å²) in [4.78, 5) is 22.0. The van der Waals surface area contributed by atoms with Gasteiger partial charge in [0.25, 0.3) is 5.92 Å². The first-order valence-electron chi connectivity index (χ1n) is 11.0. The van der Waals surface area contributed by atoms with Gasteiger partial charge in [0, 0.05) is 38.3 Å². The second-order valence-corrected chi connectivity index (χ2v) is 8.64. The highest BCUT2D eigenvalue weighted by Crippen LogP contribution is 2.50. The van der Waals surface area contributed by atoms with E-state index in [1.165, 1.54) is 0 Å². The van der Waals surface area contributed by atoms with E-state index in [0.717, 1.165) is 11.4 Å². The van der Waals surface area contributed by atoms with Crippen LogP contribution in [0.1, 0.15) is 18.6 Å². The second kappa shape index (κ2) is 12.0. The van der Waals surface area contributed by atoms with E-state index in [2.05, 4.69) is 9.80 Å². The SMILES string of the molecule is FC1(F)CCN(Cc2ccco2)CC12CCN(c1ccccc1)C2.O=C(O)C(F)(F)F.O=C(O)C(F)(F)F. The first kappa shape index (κ1) is 30.9. The number of furan rings is 1. The highest BCUT2D eigenvalue weighted by atomic mass is 19.4. The minimum Gasteiger partial charge on any atom is -0.475 e. The van der Waals surface area contributed by atoms with Crippen molar-refractivity contribution in [3.8, 4) is 0 Å². The number of alkyl halides is 8. The van der Waals surface area contributed by atoms with Gasteiger partial charge in [-0.25, -0.2) is 18.4 Å². The average Bonchev–Trinajstić information content (AvgIpc) is 3.48. The minimum absolute atomic E-state index is 0.0731. The largest absolute Gasteiger partial charge is 0.490 e. The summed E-state index contributed by atoms with van der Waals surface area (Å²) in [6.45, 7) is 2.55. The van der Waals surface area contributed by atoms with Gasteiger partial charge in [0.05, 0.1) is 18.2 Å². The highest BCUT2D eigenvalue weighted by molar-refractivity contribution is 5.73. The number of rotatable bonds is 3. The van der Waals surface area contributed by atoms with Gasteiger partial charge in [-0.05, 0) is 30.7 Å². The molecule has 2 aromatic rings. The number of anilines is 1. The number of aliphatic carboxylic acids is 2. The number of carboxylic acid groups (broad SMARTS) is 2. The quantitative estimate of drug-likeness (QED) is 0.494. The predicted molar refractivity (Wildman–Crippen MR) is 117 cm³/mol. The first-order chi connectivity index (χ1) is 17.5. The van der Waals surface area contributed by atoms with Gasteiger partial charge in [-0.1, -0.05) is 18.2 Å². The maximum absolute atomic E-state index is 14.8. The fourth-order valence-electron chi connectivity index (χ4n) is 4.10. The van der Waals surface area contributed by atoms with Crippen LogP contribution >= 0.6 is 0 Å². The number of nitrogens with zero attached hydrogens (tertiary/aromatic N) is 2. The number of hydrogen-bond acceptors (Lipinski definition) is 5. The second-order valence-electron chi connectivity index (χ2n) is 8.64. The van der Waals surface area contributed by atoms with Gasteiger partial charge in [0.1, 0.15) is 5.76 Å². The summed E-state index contributed by atoms with van der Waals surface area (Å²) in [5.74, 6) is -7.29. The van der Waals surface area contributed by atoms with Crippen LogP contribution in [-0.4, -0.2) is 71.5 Å². The van der Waals surface area contributed by atoms with Crippen LogP contribution in [0.3, 0.4) is 0 Å². The molecule has 0 aliphatic carbocycles. The van der Waals surface area contributed by atoms with E-state index in [1.807, 2.05) is 42.5 Å². The summed E-state index contributed by atoms with van der Waals surface area (Å²) in [6.07, 6.45) is -8.07. The lowest BCUT2D eigenvalue weighted by molar-refractivity contribution is -0.193. The third-order valence-electron chi connectivity index (χ3n) is 5.96. The molecule has 4 rings (SSSR count). The van der Waals surface area contributed by atoms with Crippen LogP contribution in [0.5, 0.6) is 0 Å². The van der Waals surface area contributed by atoms with Crippen molar-refractivity contribution in [1.82, 2.24) is 4.90 Å². The zero-order valence-corrected chi connectivity index (χ0v) is 19.6. The molecule has 0 amide bonds. The van der Waals surface area contributed by atoms with Crippen molar-refractivity contribution in [3.05, 3.63) is 54.5 Å². The molecule has 7 nitrogen and oxygen atoms in total. The Labute approximate surface area is 211 Å². The highest BCUT2D eigenvalue weighted by Gasteiger charge is 2.59. The van der Waals surface area contributed by atoms with Gasteiger partial charge in [-0.2, -0.15) is 26.3 Å². The summed E-state index contributed by atoms with van der Waals surface area (Å²) < 4.78 is 98.5. The minimum atomic E-state index is -5.08. The number of likely N-dealkylation sites (tertiary alicyclic amines) is 1. The smallest absolute Gasteiger partial charge is 0.475 e. The molecule has 2 fully saturated rings. The molecule has 2 aliphatic rings. The fraction of sp³-hybridized carbons (Fsp3) is 0.478. The Morgan fingerprint density at radius 2 is 1.39 bits per heavy atom. The molecular weight excluding hydrogens is 536 g/mol. The Hall–Kier alpha value is -3.36. The number of carboxylic acids is 2. The maximum atomic E-state index is 14.8. The summed E-state index contributed by atoms with van der Waals surface area (Å²) in [5.41, 5.74) is 0.0709. The lowest BCUT2D eigenvalue weighted by Gasteiger charge is -2.45. The van der Waals surface area contributed by atoms with Crippen LogP contribution in [0.2, 0.25) is 0 Å².